The van der Waals surface area contributed by atoms with Crippen molar-refractivity contribution in [1.29, 1.82) is 0 Å². The van der Waals surface area contributed by atoms with Crippen LogP contribution in [0.1, 0.15) is 12.5 Å². The molecule has 9 heteroatoms. The lowest BCUT2D eigenvalue weighted by molar-refractivity contribution is -0.111. The van der Waals surface area contributed by atoms with Crippen molar-refractivity contribution < 1.29 is 9.53 Å². The Labute approximate surface area is 230 Å². The topological polar surface area (TPSA) is 87.5 Å². The molecular weight excluding hydrogens is 490 g/mol. The third kappa shape index (κ3) is 6.04. The third-order valence-electron chi connectivity index (χ3n) is 6.70. The lowest BCUT2D eigenvalue weighted by atomic mass is 10.0. The molecule has 2 heterocycles. The van der Waals surface area contributed by atoms with Crippen molar-refractivity contribution in [3.05, 3.63) is 67.0 Å². The van der Waals surface area contributed by atoms with Crippen LogP contribution in [0.4, 0.5) is 23.0 Å². The van der Waals surface area contributed by atoms with Gasteiger partial charge in [0.05, 0.1) is 29.9 Å². The Bertz CT molecular complexity index is 1490. The molecule has 0 atom stereocenters. The first-order valence-corrected chi connectivity index (χ1v) is 12.9. The molecule has 0 saturated heterocycles. The van der Waals surface area contributed by atoms with Gasteiger partial charge in [-0.3, -0.25) is 4.79 Å². The summed E-state index contributed by atoms with van der Waals surface area (Å²) in [5, 5.41) is 7.40. The number of rotatable bonds is 11. The number of fused-ring (bicyclic) bond motifs is 1. The van der Waals surface area contributed by atoms with Crippen LogP contribution in [0.25, 0.3) is 22.2 Å². The molecule has 1 amide bonds. The molecule has 204 valence electrons. The van der Waals surface area contributed by atoms with E-state index in [2.05, 4.69) is 61.8 Å². The highest BCUT2D eigenvalue weighted by molar-refractivity contribution is 6.02. The number of nitrogens with zero attached hydrogens (tertiary/aromatic N) is 5. The van der Waals surface area contributed by atoms with Gasteiger partial charge in [0, 0.05) is 62.1 Å². The lowest BCUT2D eigenvalue weighted by Crippen LogP contribution is -2.29. The molecule has 0 radical (unpaired) electrons. The number of hydrogen-bond donors (Lipinski definition) is 2. The van der Waals surface area contributed by atoms with Crippen LogP contribution in [0.5, 0.6) is 5.75 Å². The quantitative estimate of drug-likeness (QED) is 0.263. The molecule has 2 aromatic carbocycles. The molecule has 0 aliphatic heterocycles. The van der Waals surface area contributed by atoms with Gasteiger partial charge in [-0.05, 0) is 44.3 Å². The first kappa shape index (κ1) is 27.7. The van der Waals surface area contributed by atoms with E-state index < -0.39 is 0 Å². The van der Waals surface area contributed by atoms with E-state index in [1.165, 1.54) is 6.08 Å². The normalized spacial score (nSPS) is 11.1. The van der Waals surface area contributed by atoms with Crippen LogP contribution in [0, 0.1) is 0 Å². The molecule has 2 aromatic heterocycles. The Morgan fingerprint density at radius 3 is 2.62 bits per heavy atom. The van der Waals surface area contributed by atoms with Gasteiger partial charge in [-0.1, -0.05) is 31.7 Å². The summed E-state index contributed by atoms with van der Waals surface area (Å²) in [5.41, 5.74) is 6.22. The van der Waals surface area contributed by atoms with Crippen molar-refractivity contribution in [3.63, 3.8) is 0 Å². The lowest BCUT2D eigenvalue weighted by Gasteiger charge is -2.26. The van der Waals surface area contributed by atoms with Crippen LogP contribution in [0.15, 0.2) is 61.4 Å². The third-order valence-corrected chi connectivity index (χ3v) is 6.70. The summed E-state index contributed by atoms with van der Waals surface area (Å²) < 4.78 is 7.86. The molecular formula is C30H37N7O2. The fourth-order valence-electron chi connectivity index (χ4n) is 4.52. The Kier molecular flexibility index (Phi) is 8.51. The van der Waals surface area contributed by atoms with Crippen molar-refractivity contribution in [2.45, 2.75) is 13.3 Å². The van der Waals surface area contributed by atoms with E-state index in [-0.39, 0.29) is 5.91 Å². The number of nitrogens with one attached hydrogen (secondary N) is 2. The van der Waals surface area contributed by atoms with Crippen molar-refractivity contribution in [3.8, 4) is 17.0 Å². The number of aromatic nitrogens is 3. The number of ether oxygens (including phenoxy) is 1. The van der Waals surface area contributed by atoms with Gasteiger partial charge in [0.2, 0.25) is 11.9 Å². The maximum Gasteiger partial charge on any atom is 0.247 e. The van der Waals surface area contributed by atoms with E-state index in [0.29, 0.717) is 23.1 Å². The van der Waals surface area contributed by atoms with Gasteiger partial charge >= 0.3 is 0 Å². The Morgan fingerprint density at radius 2 is 1.92 bits per heavy atom. The molecule has 4 rings (SSSR count). The van der Waals surface area contributed by atoms with Crippen molar-refractivity contribution in [2.75, 3.05) is 56.9 Å². The van der Waals surface area contributed by atoms with Crippen LogP contribution in [0.3, 0.4) is 0 Å². The Morgan fingerprint density at radius 1 is 1.15 bits per heavy atom. The second-order valence-electron chi connectivity index (χ2n) is 9.70. The molecule has 0 fully saturated rings. The number of amides is 1. The van der Waals surface area contributed by atoms with Gasteiger partial charge in [0.15, 0.2) is 0 Å². The van der Waals surface area contributed by atoms with E-state index in [1.54, 1.807) is 7.11 Å². The summed E-state index contributed by atoms with van der Waals surface area (Å²) in [7, 11) is 9.70. The number of carbonyl (C=O) groups is 1. The monoisotopic (exact) mass is 527 g/mol. The minimum Gasteiger partial charge on any atom is -0.494 e. The van der Waals surface area contributed by atoms with Crippen molar-refractivity contribution in [2.24, 2.45) is 7.05 Å². The maximum atomic E-state index is 12.3. The van der Waals surface area contributed by atoms with Gasteiger partial charge in [0.25, 0.3) is 0 Å². The predicted octanol–water partition coefficient (Wildman–Crippen LogP) is 5.07. The highest BCUT2D eigenvalue weighted by atomic mass is 16.5. The smallest absolute Gasteiger partial charge is 0.247 e. The summed E-state index contributed by atoms with van der Waals surface area (Å²) >= 11 is 0. The number of benzene rings is 2. The zero-order chi connectivity index (χ0) is 28.1. The van der Waals surface area contributed by atoms with Crippen molar-refractivity contribution in [1.82, 2.24) is 19.4 Å². The fraction of sp³-hybridized carbons (Fsp3) is 0.300. The Balaban J connectivity index is 1.76. The molecule has 0 aliphatic rings. The number of aryl methyl sites for hydroxylation is 2. The summed E-state index contributed by atoms with van der Waals surface area (Å²) in [6.45, 7) is 7.31. The van der Waals surface area contributed by atoms with Gasteiger partial charge in [-0.15, -0.1) is 0 Å². The summed E-state index contributed by atoms with van der Waals surface area (Å²) in [4.78, 5) is 26.0. The first-order valence-electron chi connectivity index (χ1n) is 12.9. The number of hydrogen-bond acceptors (Lipinski definition) is 7. The summed E-state index contributed by atoms with van der Waals surface area (Å²) in [6, 6.07) is 12.0. The summed E-state index contributed by atoms with van der Waals surface area (Å²) in [5.74, 6) is 0.742. The largest absolute Gasteiger partial charge is 0.494 e. The van der Waals surface area contributed by atoms with Crippen LogP contribution < -0.4 is 20.3 Å². The van der Waals surface area contributed by atoms with E-state index in [0.717, 1.165) is 52.9 Å². The standard InChI is InChI=1S/C30H37N7O2/c1-8-20-18-31-30(34-29(20)22-19-37(6)25-13-11-10-12-21(22)25)33-24-16-23(32-28(38)9-2)26(17-27(24)39-7)36(5)15-14-35(3)4/h9-13,16-19H,2,8,14-15H2,1,3-7H3,(H,32,38)(H,31,33,34). The molecule has 0 unspecified atom stereocenters. The highest BCUT2D eigenvalue weighted by Crippen LogP contribution is 2.38. The van der Waals surface area contributed by atoms with E-state index in [4.69, 9.17) is 9.72 Å². The van der Waals surface area contributed by atoms with Crippen LogP contribution >= 0.6 is 0 Å². The van der Waals surface area contributed by atoms with Gasteiger partial charge in [0.1, 0.15) is 5.75 Å². The minimum atomic E-state index is -0.296. The fourth-order valence-corrected chi connectivity index (χ4v) is 4.52. The second-order valence-corrected chi connectivity index (χ2v) is 9.70. The molecule has 0 bridgehead atoms. The van der Waals surface area contributed by atoms with Crippen LogP contribution in [-0.4, -0.2) is 66.7 Å². The highest BCUT2D eigenvalue weighted by Gasteiger charge is 2.18. The van der Waals surface area contributed by atoms with Gasteiger partial charge in [-0.25, -0.2) is 9.97 Å². The average Bonchev–Trinajstić information content (AvgIpc) is 3.28. The molecule has 0 aliphatic carbocycles. The molecule has 2 N–H and O–H groups in total. The van der Waals surface area contributed by atoms with Gasteiger partial charge in [-0.2, -0.15) is 0 Å². The van der Waals surface area contributed by atoms with Crippen LogP contribution in [0.2, 0.25) is 0 Å². The molecule has 0 saturated carbocycles. The molecule has 39 heavy (non-hydrogen) atoms. The zero-order valence-corrected chi connectivity index (χ0v) is 23.6. The number of likely N-dealkylation sites (N-methyl/N-ethyl adjacent to an activating group) is 2. The number of methoxy groups -OCH3 is 1. The average molecular weight is 528 g/mol. The molecule has 4 aromatic rings. The van der Waals surface area contributed by atoms with Crippen LogP contribution in [-0.2, 0) is 18.3 Å². The number of anilines is 4. The molecule has 0 spiro atoms. The predicted molar refractivity (Wildman–Crippen MR) is 160 cm³/mol. The SMILES string of the molecule is C=CC(=O)Nc1cc(Nc2ncc(CC)c(-c3cn(C)c4ccccc34)n2)c(OC)cc1N(C)CCN(C)C. The van der Waals surface area contributed by atoms with E-state index >= 15 is 0 Å². The molecule has 9 nitrogen and oxygen atoms in total. The zero-order valence-electron chi connectivity index (χ0n) is 23.6. The van der Waals surface area contributed by atoms with E-state index in [1.807, 2.05) is 58.7 Å². The van der Waals surface area contributed by atoms with Crippen molar-refractivity contribution >= 4 is 39.8 Å². The summed E-state index contributed by atoms with van der Waals surface area (Å²) in [6.07, 6.45) is 6.03. The Hall–Kier alpha value is -4.37. The second kappa shape index (κ2) is 12.0. The minimum absolute atomic E-state index is 0.296. The first-order chi connectivity index (χ1) is 18.7. The number of para-hydroxylation sites is 1. The van der Waals surface area contributed by atoms with E-state index in [9.17, 15) is 4.79 Å². The van der Waals surface area contributed by atoms with Gasteiger partial charge < -0.3 is 29.7 Å². The maximum absolute atomic E-state index is 12.3. The number of carbonyl (C=O) groups excluding carboxylic acids is 1.